The van der Waals surface area contributed by atoms with E-state index in [2.05, 4.69) is 22.6 Å². The quantitative estimate of drug-likeness (QED) is 0.356. The van der Waals surface area contributed by atoms with Gasteiger partial charge in [0, 0.05) is 12.2 Å². The Morgan fingerprint density at radius 3 is 1.89 bits per heavy atom. The topological polar surface area (TPSA) is 105 Å². The Balaban J connectivity index is 4.36. The van der Waals surface area contributed by atoms with Crippen LogP contribution in [-0.2, 0) is 19.1 Å². The van der Waals surface area contributed by atoms with E-state index in [4.69, 9.17) is 5.11 Å². The van der Waals surface area contributed by atoms with E-state index in [-0.39, 0.29) is 0 Å². The third kappa shape index (κ3) is 6.28. The number of urea groups is 1. The summed E-state index contributed by atoms with van der Waals surface area (Å²) < 4.78 is 9.19. The molecule has 0 rings (SSSR count). The molecule has 0 bridgehead atoms. The molecule has 0 aliphatic rings. The van der Waals surface area contributed by atoms with E-state index in [1.807, 2.05) is 5.32 Å². The number of aliphatic hydroxyl groups excluding tert-OH is 1. The number of nitrogens with zero attached hydrogens (tertiary/aromatic N) is 1. The average Bonchev–Trinajstić information content (AvgIpc) is 2.37. The van der Waals surface area contributed by atoms with Gasteiger partial charge in [-0.25, -0.2) is 14.4 Å². The number of carbonyl (C=O) groups is 3. The van der Waals surface area contributed by atoms with Gasteiger partial charge in [0.05, 0.1) is 0 Å². The summed E-state index contributed by atoms with van der Waals surface area (Å²) >= 11 is 0. The standard InChI is InChI=1S/C10H14N2O6/c1-3-8(14)17-6-12(10(16)11-5-13)7-18-9(15)4-2/h3-4,13H,1-2,5-7H2,(H,11,16). The molecule has 0 atom stereocenters. The number of hydrogen-bond donors (Lipinski definition) is 2. The first kappa shape index (κ1) is 15.7. The fourth-order valence-corrected chi connectivity index (χ4v) is 0.735. The minimum Gasteiger partial charge on any atom is -0.441 e. The van der Waals surface area contributed by atoms with Gasteiger partial charge < -0.3 is 19.9 Å². The van der Waals surface area contributed by atoms with Crippen LogP contribution in [0.3, 0.4) is 0 Å². The summed E-state index contributed by atoms with van der Waals surface area (Å²) in [4.78, 5) is 33.8. The molecule has 2 amide bonds. The van der Waals surface area contributed by atoms with Crippen LogP contribution in [-0.4, -0.2) is 48.2 Å². The number of amides is 2. The van der Waals surface area contributed by atoms with Gasteiger partial charge in [0.2, 0.25) is 0 Å². The first-order valence-corrected chi connectivity index (χ1v) is 4.77. The lowest BCUT2D eigenvalue weighted by Crippen LogP contribution is -2.43. The molecular weight excluding hydrogens is 244 g/mol. The minimum atomic E-state index is -0.772. The van der Waals surface area contributed by atoms with Gasteiger partial charge in [-0.15, -0.1) is 0 Å². The largest absolute Gasteiger partial charge is 0.441 e. The Morgan fingerprint density at radius 2 is 1.56 bits per heavy atom. The molecule has 18 heavy (non-hydrogen) atoms. The van der Waals surface area contributed by atoms with Gasteiger partial charge in [0.25, 0.3) is 0 Å². The van der Waals surface area contributed by atoms with Crippen LogP contribution >= 0.6 is 0 Å². The zero-order valence-electron chi connectivity index (χ0n) is 9.63. The van der Waals surface area contributed by atoms with Crippen molar-refractivity contribution in [2.24, 2.45) is 0 Å². The van der Waals surface area contributed by atoms with Crippen molar-refractivity contribution < 1.29 is 29.0 Å². The van der Waals surface area contributed by atoms with Crippen LogP contribution in [0.2, 0.25) is 0 Å². The van der Waals surface area contributed by atoms with Crippen LogP contribution in [0.25, 0.3) is 0 Å². The number of esters is 2. The Hall–Kier alpha value is -2.35. The predicted molar refractivity (Wildman–Crippen MR) is 59.8 cm³/mol. The highest BCUT2D eigenvalue weighted by molar-refractivity contribution is 5.82. The van der Waals surface area contributed by atoms with E-state index in [1.165, 1.54) is 0 Å². The van der Waals surface area contributed by atoms with Gasteiger partial charge in [-0.05, 0) is 0 Å². The zero-order chi connectivity index (χ0) is 14.0. The number of hydrogen-bond acceptors (Lipinski definition) is 6. The van der Waals surface area contributed by atoms with Gasteiger partial charge in [-0.2, -0.15) is 0 Å². The van der Waals surface area contributed by atoms with Crippen molar-refractivity contribution in [2.45, 2.75) is 0 Å². The second kappa shape index (κ2) is 8.76. The molecule has 0 aromatic heterocycles. The van der Waals surface area contributed by atoms with Gasteiger partial charge in [0.15, 0.2) is 13.5 Å². The molecule has 0 aromatic carbocycles. The Labute approximate surface area is 103 Å². The lowest BCUT2D eigenvalue weighted by molar-refractivity contribution is -0.147. The summed E-state index contributed by atoms with van der Waals surface area (Å²) in [6.45, 7) is 4.82. The molecule has 0 aliphatic carbocycles. The molecule has 0 radical (unpaired) electrons. The minimum absolute atomic E-state index is 0.457. The predicted octanol–water partition coefficient (Wildman–Crippen LogP) is -0.679. The van der Waals surface area contributed by atoms with Crippen molar-refractivity contribution in [3.63, 3.8) is 0 Å². The van der Waals surface area contributed by atoms with Crippen LogP contribution in [0.1, 0.15) is 0 Å². The average molecular weight is 258 g/mol. The fraction of sp³-hybridized carbons (Fsp3) is 0.300. The summed E-state index contributed by atoms with van der Waals surface area (Å²) in [5.41, 5.74) is 0. The maximum absolute atomic E-state index is 11.4. The van der Waals surface area contributed by atoms with Gasteiger partial charge in [0.1, 0.15) is 6.73 Å². The van der Waals surface area contributed by atoms with Crippen LogP contribution in [0, 0.1) is 0 Å². The Morgan fingerprint density at radius 1 is 1.11 bits per heavy atom. The van der Waals surface area contributed by atoms with Gasteiger partial charge >= 0.3 is 18.0 Å². The molecule has 0 saturated heterocycles. The number of nitrogens with one attached hydrogen (secondary N) is 1. The van der Waals surface area contributed by atoms with Crippen LogP contribution in [0.4, 0.5) is 4.79 Å². The number of carbonyl (C=O) groups excluding carboxylic acids is 3. The molecule has 0 saturated carbocycles. The van der Waals surface area contributed by atoms with Crippen molar-refractivity contribution in [1.82, 2.24) is 10.2 Å². The highest BCUT2D eigenvalue weighted by Gasteiger charge is 2.15. The smallest absolute Gasteiger partial charge is 0.331 e. The van der Waals surface area contributed by atoms with Crippen molar-refractivity contribution in [1.29, 1.82) is 0 Å². The monoisotopic (exact) mass is 258 g/mol. The van der Waals surface area contributed by atoms with E-state index < -0.39 is 38.2 Å². The molecule has 8 nitrogen and oxygen atoms in total. The molecule has 100 valence electrons. The molecule has 0 spiro atoms. The summed E-state index contributed by atoms with van der Waals surface area (Å²) in [5, 5.41) is 10.6. The molecule has 0 aliphatic heterocycles. The molecule has 0 aromatic rings. The maximum Gasteiger partial charge on any atom is 0.331 e. The molecule has 8 heteroatoms. The van der Waals surface area contributed by atoms with E-state index in [0.29, 0.717) is 0 Å². The maximum atomic E-state index is 11.4. The highest BCUT2D eigenvalue weighted by Crippen LogP contribution is 1.94. The molecule has 0 heterocycles. The van der Waals surface area contributed by atoms with Gasteiger partial charge in [-0.3, -0.25) is 4.90 Å². The first-order valence-electron chi connectivity index (χ1n) is 4.77. The van der Waals surface area contributed by atoms with Crippen molar-refractivity contribution in [2.75, 3.05) is 20.2 Å². The molecule has 2 N–H and O–H groups in total. The first-order chi connectivity index (χ1) is 8.54. The van der Waals surface area contributed by atoms with Gasteiger partial charge in [-0.1, -0.05) is 13.2 Å². The highest BCUT2D eigenvalue weighted by atomic mass is 16.6. The summed E-state index contributed by atoms with van der Waals surface area (Å²) in [6.07, 6.45) is 1.83. The second-order valence-corrected chi connectivity index (χ2v) is 2.77. The van der Waals surface area contributed by atoms with Crippen molar-refractivity contribution >= 4 is 18.0 Å². The SMILES string of the molecule is C=CC(=O)OCN(COC(=O)C=C)C(=O)NCO. The Kier molecular flexibility index (Phi) is 7.62. The lowest BCUT2D eigenvalue weighted by atomic mass is 10.6. The third-order valence-corrected chi connectivity index (χ3v) is 1.58. The van der Waals surface area contributed by atoms with Crippen LogP contribution in [0.15, 0.2) is 25.3 Å². The summed E-state index contributed by atoms with van der Waals surface area (Å²) in [5.74, 6) is -1.49. The second-order valence-electron chi connectivity index (χ2n) is 2.77. The fourth-order valence-electron chi connectivity index (χ4n) is 0.735. The zero-order valence-corrected chi connectivity index (χ0v) is 9.63. The molecule has 0 fully saturated rings. The molecular formula is C10H14N2O6. The van der Waals surface area contributed by atoms with Crippen LogP contribution < -0.4 is 5.32 Å². The van der Waals surface area contributed by atoms with E-state index in [1.54, 1.807) is 0 Å². The van der Waals surface area contributed by atoms with E-state index in [9.17, 15) is 14.4 Å². The third-order valence-electron chi connectivity index (χ3n) is 1.58. The van der Waals surface area contributed by atoms with Crippen molar-refractivity contribution in [3.8, 4) is 0 Å². The van der Waals surface area contributed by atoms with E-state index >= 15 is 0 Å². The van der Waals surface area contributed by atoms with Crippen molar-refractivity contribution in [3.05, 3.63) is 25.3 Å². The normalized spacial score (nSPS) is 8.94. The Bertz CT molecular complexity index is 317. The number of ether oxygens (including phenoxy) is 2. The summed E-state index contributed by atoms with van der Waals surface area (Å²) in [7, 11) is 0. The lowest BCUT2D eigenvalue weighted by Gasteiger charge is -2.21. The molecule has 0 unspecified atom stereocenters. The summed E-state index contributed by atoms with van der Waals surface area (Å²) in [6, 6.07) is -0.772. The van der Waals surface area contributed by atoms with Crippen LogP contribution in [0.5, 0.6) is 0 Å². The van der Waals surface area contributed by atoms with E-state index in [0.717, 1.165) is 17.1 Å². The number of rotatable bonds is 7. The number of aliphatic hydroxyl groups is 1.